The van der Waals surface area contributed by atoms with Gasteiger partial charge in [0.1, 0.15) is 13.0 Å². The molecule has 16 heteroatoms. The summed E-state index contributed by atoms with van der Waals surface area (Å²) >= 11 is 0. The van der Waals surface area contributed by atoms with Crippen LogP contribution in [-0.4, -0.2) is 89.9 Å². The van der Waals surface area contributed by atoms with Crippen molar-refractivity contribution in [3.05, 3.63) is 12.7 Å². The van der Waals surface area contributed by atoms with E-state index >= 15 is 0 Å². The third-order valence-corrected chi connectivity index (χ3v) is 4.94. The molecule has 5 amide bonds. The van der Waals surface area contributed by atoms with Crippen LogP contribution in [0, 0.1) is 0 Å². The Bertz CT molecular complexity index is 975. The van der Waals surface area contributed by atoms with Crippen LogP contribution in [0.2, 0.25) is 0 Å². The zero-order valence-electron chi connectivity index (χ0n) is 18.6. The molecule has 1 heterocycles. The number of esters is 1. The molecule has 0 aromatic carbocycles. The van der Waals surface area contributed by atoms with Crippen molar-refractivity contribution in [1.29, 1.82) is 0 Å². The number of carbonyl (C=O) groups is 7. The molecule has 0 radical (unpaired) electrons. The second-order valence-electron chi connectivity index (χ2n) is 6.99. The van der Waals surface area contributed by atoms with Crippen LogP contribution >= 0.6 is 0 Å². The number of imide groups is 2. The lowest BCUT2D eigenvalue weighted by atomic mass is 10.2. The van der Waals surface area contributed by atoms with Crippen molar-refractivity contribution in [3.63, 3.8) is 0 Å². The molecule has 0 bridgehead atoms. The quantitative estimate of drug-likeness (QED) is 0.0860. The Kier molecular flexibility index (Phi) is 11.7. The largest absolute Gasteiger partial charge is 0.748 e. The number of carbonyl (C=O) groups excluding carboxylic acids is 7. The van der Waals surface area contributed by atoms with Crippen molar-refractivity contribution in [3.8, 4) is 0 Å². The van der Waals surface area contributed by atoms with Gasteiger partial charge in [0, 0.05) is 38.8 Å². The summed E-state index contributed by atoms with van der Waals surface area (Å²) in [6.07, 6.45) is -1.61. The Morgan fingerprint density at radius 3 is 2.23 bits per heavy atom. The van der Waals surface area contributed by atoms with Gasteiger partial charge in [-0.25, -0.2) is 13.2 Å². The van der Waals surface area contributed by atoms with Crippen LogP contribution in [0.4, 0.5) is 0 Å². The molecule has 0 saturated carbocycles. The van der Waals surface area contributed by atoms with E-state index in [4.69, 9.17) is 4.74 Å². The first-order valence-electron chi connectivity index (χ1n) is 10.2. The van der Waals surface area contributed by atoms with Crippen LogP contribution in [0.5, 0.6) is 0 Å². The van der Waals surface area contributed by atoms with Gasteiger partial charge in [-0.3, -0.25) is 33.7 Å². The van der Waals surface area contributed by atoms with Crippen LogP contribution < -0.4 is 5.32 Å². The Morgan fingerprint density at radius 2 is 1.66 bits per heavy atom. The van der Waals surface area contributed by atoms with Crippen LogP contribution in [0.25, 0.3) is 0 Å². The van der Waals surface area contributed by atoms with Gasteiger partial charge in [-0.2, -0.15) is 0 Å². The van der Waals surface area contributed by atoms with Crippen molar-refractivity contribution in [2.75, 3.05) is 25.4 Å². The molecule has 194 valence electrons. The second-order valence-corrected chi connectivity index (χ2v) is 8.52. The van der Waals surface area contributed by atoms with Crippen molar-refractivity contribution in [2.24, 2.45) is 0 Å². The normalized spacial score (nSPS) is 13.2. The molecule has 0 spiro atoms. The molecular weight excluding hydrogens is 494 g/mol. The van der Waals surface area contributed by atoms with E-state index < -0.39 is 96.1 Å². The van der Waals surface area contributed by atoms with Gasteiger partial charge in [0.05, 0.1) is 22.3 Å². The Labute approximate surface area is 200 Å². The number of nitrogens with one attached hydrogen (secondary N) is 1. The summed E-state index contributed by atoms with van der Waals surface area (Å²) in [5.41, 5.74) is 0. The first kappa shape index (κ1) is 29.4. The van der Waals surface area contributed by atoms with Gasteiger partial charge in [-0.1, -0.05) is 12.7 Å². The lowest BCUT2D eigenvalue weighted by Gasteiger charge is -2.21. The fourth-order valence-corrected chi connectivity index (χ4v) is 2.94. The van der Waals surface area contributed by atoms with E-state index in [2.05, 4.69) is 16.7 Å². The van der Waals surface area contributed by atoms with Crippen LogP contribution in [-0.2, 0) is 53.3 Å². The van der Waals surface area contributed by atoms with Crippen LogP contribution in [0.1, 0.15) is 38.5 Å². The third kappa shape index (κ3) is 11.3. The summed E-state index contributed by atoms with van der Waals surface area (Å²) < 4.78 is 36.4. The Balaban J connectivity index is 2.73. The zero-order chi connectivity index (χ0) is 26.6. The van der Waals surface area contributed by atoms with E-state index in [-0.39, 0.29) is 24.5 Å². The first-order valence-corrected chi connectivity index (χ1v) is 11.8. The van der Waals surface area contributed by atoms with Gasteiger partial charge in [-0.05, 0) is 0 Å². The minimum absolute atomic E-state index is 0.121. The van der Waals surface area contributed by atoms with Crippen molar-refractivity contribution in [1.82, 2.24) is 15.3 Å². The maximum Gasteiger partial charge on any atom is 0.342 e. The molecular formula is C19H24N3O12S-. The highest BCUT2D eigenvalue weighted by molar-refractivity contribution is 7.85. The minimum Gasteiger partial charge on any atom is -0.748 e. The average Bonchev–Trinajstić information content (AvgIpc) is 3.07. The summed E-state index contributed by atoms with van der Waals surface area (Å²) in [4.78, 5) is 88.7. The monoisotopic (exact) mass is 518 g/mol. The van der Waals surface area contributed by atoms with Crippen molar-refractivity contribution >= 4 is 51.6 Å². The maximum absolute atomic E-state index is 12.5. The van der Waals surface area contributed by atoms with Gasteiger partial charge in [0.2, 0.25) is 17.7 Å². The molecule has 1 fully saturated rings. The van der Waals surface area contributed by atoms with Gasteiger partial charge >= 0.3 is 11.9 Å². The minimum atomic E-state index is -4.55. The molecule has 1 rings (SSSR count). The van der Waals surface area contributed by atoms with Gasteiger partial charge < -0.3 is 19.4 Å². The summed E-state index contributed by atoms with van der Waals surface area (Å²) in [6.45, 7) is 2.25. The number of amides is 5. The molecule has 1 saturated heterocycles. The number of hydrogen-bond donors (Lipinski definition) is 1. The van der Waals surface area contributed by atoms with Gasteiger partial charge in [0.25, 0.3) is 11.8 Å². The summed E-state index contributed by atoms with van der Waals surface area (Å²) in [5.74, 6) is -7.37. The number of ether oxygens (including phenoxy) is 1. The molecule has 0 aromatic rings. The summed E-state index contributed by atoms with van der Waals surface area (Å²) in [6, 6.07) is 0. The molecule has 1 aliphatic heterocycles. The Morgan fingerprint density at radius 1 is 1.03 bits per heavy atom. The lowest BCUT2D eigenvalue weighted by molar-refractivity contribution is -0.198. The molecule has 0 unspecified atom stereocenters. The van der Waals surface area contributed by atoms with E-state index in [1.807, 2.05) is 0 Å². The van der Waals surface area contributed by atoms with E-state index in [1.165, 1.54) is 6.08 Å². The number of nitrogens with zero attached hydrogens (tertiary/aromatic N) is 2. The highest BCUT2D eigenvalue weighted by atomic mass is 32.2. The number of rotatable bonds is 14. The number of hydrogen-bond acceptors (Lipinski definition) is 12. The summed E-state index contributed by atoms with van der Waals surface area (Å²) in [5, 5.41) is 2.34. The SMILES string of the molecule is C=CCOC(=O)CCN(C(=O)CCC(=O)NCCS(=O)(=O)[O-])C(=O)CC(=O)ON1C(=O)CCC1=O. The zero-order valence-corrected chi connectivity index (χ0v) is 19.4. The second kappa shape index (κ2) is 13.9. The van der Waals surface area contributed by atoms with E-state index in [9.17, 15) is 46.5 Å². The highest BCUT2D eigenvalue weighted by Gasteiger charge is 2.34. The Hall–Kier alpha value is -3.66. The molecule has 0 atom stereocenters. The smallest absolute Gasteiger partial charge is 0.342 e. The maximum atomic E-state index is 12.5. The fourth-order valence-electron chi connectivity index (χ4n) is 2.59. The summed E-state index contributed by atoms with van der Waals surface area (Å²) in [7, 11) is -4.55. The van der Waals surface area contributed by atoms with Crippen LogP contribution in [0.3, 0.4) is 0 Å². The molecule has 0 aromatic heterocycles. The highest BCUT2D eigenvalue weighted by Crippen LogP contribution is 2.13. The van der Waals surface area contributed by atoms with E-state index in [0.29, 0.717) is 4.90 Å². The van der Waals surface area contributed by atoms with Gasteiger partial charge in [0.15, 0.2) is 0 Å². The van der Waals surface area contributed by atoms with E-state index in [0.717, 1.165) is 0 Å². The first-order chi connectivity index (χ1) is 16.3. The predicted octanol–water partition coefficient (Wildman–Crippen LogP) is -2.10. The van der Waals surface area contributed by atoms with Crippen molar-refractivity contribution in [2.45, 2.75) is 38.5 Å². The molecule has 35 heavy (non-hydrogen) atoms. The lowest BCUT2D eigenvalue weighted by Crippen LogP contribution is -2.41. The molecule has 1 aliphatic rings. The average molecular weight is 518 g/mol. The standard InChI is InChI=1S/C19H25N3O12S/c1-2-10-33-18(28)7-9-21(14(24)4-3-13(23)20-8-11-35(30,31)32)17(27)12-19(29)34-22-15(25)5-6-16(22)26/h2H,1,3-12H2,(H,20,23)(H,30,31,32)/p-1. The molecule has 0 aliphatic carbocycles. The van der Waals surface area contributed by atoms with Crippen molar-refractivity contribution < 1.29 is 56.1 Å². The molecule has 1 N–H and O–H groups in total. The fraction of sp³-hybridized carbons (Fsp3) is 0.526. The molecule has 15 nitrogen and oxygen atoms in total. The predicted molar refractivity (Wildman–Crippen MR) is 111 cm³/mol. The van der Waals surface area contributed by atoms with Gasteiger partial charge in [-0.15, -0.1) is 5.06 Å². The van der Waals surface area contributed by atoms with E-state index in [1.54, 1.807) is 0 Å². The number of hydroxylamine groups is 2. The van der Waals surface area contributed by atoms with Crippen LogP contribution in [0.15, 0.2) is 12.7 Å². The topological polar surface area (TPSA) is 214 Å². The third-order valence-electron chi connectivity index (χ3n) is 4.24.